The van der Waals surface area contributed by atoms with Crippen molar-refractivity contribution in [3.8, 4) is 5.75 Å². The first-order chi connectivity index (χ1) is 8.65. The summed E-state index contributed by atoms with van der Waals surface area (Å²) in [7, 11) is 0. The maximum atomic E-state index is 11.9. The molecule has 1 amide bonds. The normalized spacial score (nSPS) is 18.9. The Morgan fingerprint density at radius 2 is 2.11 bits per heavy atom. The molecule has 1 heterocycles. The number of hydrogen-bond acceptors (Lipinski definition) is 3. The number of thioether (sulfide) groups is 1. The van der Waals surface area contributed by atoms with Gasteiger partial charge in [0.1, 0.15) is 5.75 Å². The minimum absolute atomic E-state index is 0.137. The van der Waals surface area contributed by atoms with Gasteiger partial charge in [0.05, 0.1) is 6.10 Å². The second kappa shape index (κ2) is 6.14. The van der Waals surface area contributed by atoms with Gasteiger partial charge in [-0.05, 0) is 50.3 Å². The van der Waals surface area contributed by atoms with Crippen LogP contribution in [0.2, 0.25) is 0 Å². The topological polar surface area (TPSA) is 38.3 Å². The molecule has 1 aliphatic heterocycles. The van der Waals surface area contributed by atoms with Crippen LogP contribution in [0.5, 0.6) is 5.75 Å². The van der Waals surface area contributed by atoms with Crippen molar-refractivity contribution in [1.29, 1.82) is 0 Å². The number of anilines is 1. The summed E-state index contributed by atoms with van der Waals surface area (Å²) in [6.45, 7) is 3.99. The van der Waals surface area contributed by atoms with Crippen molar-refractivity contribution in [3.05, 3.63) is 24.3 Å². The first kappa shape index (κ1) is 13.3. The number of rotatable bonds is 4. The van der Waals surface area contributed by atoms with Crippen LogP contribution in [0.1, 0.15) is 20.3 Å². The number of amides is 1. The van der Waals surface area contributed by atoms with Crippen molar-refractivity contribution in [3.63, 3.8) is 0 Å². The van der Waals surface area contributed by atoms with Crippen LogP contribution in [-0.2, 0) is 4.79 Å². The molecule has 1 unspecified atom stereocenters. The van der Waals surface area contributed by atoms with E-state index in [0.29, 0.717) is 0 Å². The second-order valence-electron chi connectivity index (χ2n) is 4.74. The van der Waals surface area contributed by atoms with Gasteiger partial charge in [0, 0.05) is 17.4 Å². The first-order valence-electron chi connectivity index (χ1n) is 6.30. The minimum Gasteiger partial charge on any atom is -0.491 e. The van der Waals surface area contributed by atoms with E-state index in [4.69, 9.17) is 4.74 Å². The zero-order valence-corrected chi connectivity index (χ0v) is 11.6. The quantitative estimate of drug-likeness (QED) is 0.908. The Hall–Kier alpha value is -1.16. The third-order valence-corrected chi connectivity index (χ3v) is 3.96. The molecule has 1 saturated heterocycles. The molecule has 0 radical (unpaired) electrons. The van der Waals surface area contributed by atoms with Crippen LogP contribution in [0.3, 0.4) is 0 Å². The lowest BCUT2D eigenvalue weighted by Crippen LogP contribution is -2.22. The number of ether oxygens (including phenoxy) is 1. The number of benzene rings is 1. The Kier molecular flexibility index (Phi) is 4.53. The highest BCUT2D eigenvalue weighted by atomic mass is 32.2. The zero-order valence-electron chi connectivity index (χ0n) is 10.8. The van der Waals surface area contributed by atoms with Crippen LogP contribution in [0, 0.1) is 5.92 Å². The fourth-order valence-electron chi connectivity index (χ4n) is 1.87. The van der Waals surface area contributed by atoms with Crippen LogP contribution < -0.4 is 10.1 Å². The van der Waals surface area contributed by atoms with Gasteiger partial charge >= 0.3 is 0 Å². The average Bonchev–Trinajstić information content (AvgIpc) is 2.84. The molecule has 0 bridgehead atoms. The lowest BCUT2D eigenvalue weighted by molar-refractivity contribution is -0.119. The predicted molar refractivity (Wildman–Crippen MR) is 76.3 cm³/mol. The summed E-state index contributed by atoms with van der Waals surface area (Å²) in [5, 5.41) is 2.96. The van der Waals surface area contributed by atoms with Gasteiger partial charge in [-0.15, -0.1) is 0 Å². The second-order valence-corrected chi connectivity index (χ2v) is 5.89. The smallest absolute Gasteiger partial charge is 0.228 e. The summed E-state index contributed by atoms with van der Waals surface area (Å²) in [5.74, 6) is 3.18. The monoisotopic (exact) mass is 265 g/mol. The summed E-state index contributed by atoms with van der Waals surface area (Å²) >= 11 is 1.85. The summed E-state index contributed by atoms with van der Waals surface area (Å²) in [4.78, 5) is 11.9. The summed E-state index contributed by atoms with van der Waals surface area (Å²) in [6, 6.07) is 7.55. The van der Waals surface area contributed by atoms with E-state index in [1.54, 1.807) is 0 Å². The maximum Gasteiger partial charge on any atom is 0.228 e. The molecule has 2 rings (SSSR count). The molecule has 0 aromatic heterocycles. The van der Waals surface area contributed by atoms with Crippen LogP contribution in [0.25, 0.3) is 0 Å². The Morgan fingerprint density at radius 3 is 2.67 bits per heavy atom. The van der Waals surface area contributed by atoms with Crippen molar-refractivity contribution in [2.75, 3.05) is 16.8 Å². The molecular weight excluding hydrogens is 246 g/mol. The van der Waals surface area contributed by atoms with Crippen molar-refractivity contribution in [1.82, 2.24) is 0 Å². The Balaban J connectivity index is 1.91. The van der Waals surface area contributed by atoms with E-state index in [2.05, 4.69) is 5.32 Å². The number of carbonyl (C=O) groups is 1. The molecule has 1 aromatic rings. The Morgan fingerprint density at radius 1 is 1.39 bits per heavy atom. The largest absolute Gasteiger partial charge is 0.491 e. The van der Waals surface area contributed by atoms with E-state index < -0.39 is 0 Å². The molecule has 1 atom stereocenters. The maximum absolute atomic E-state index is 11.9. The lowest BCUT2D eigenvalue weighted by atomic mass is 10.1. The van der Waals surface area contributed by atoms with Crippen LogP contribution in [-0.4, -0.2) is 23.5 Å². The average molecular weight is 265 g/mol. The molecule has 0 spiro atoms. The van der Waals surface area contributed by atoms with Crippen LogP contribution in [0.4, 0.5) is 5.69 Å². The molecule has 1 fully saturated rings. The van der Waals surface area contributed by atoms with E-state index in [0.717, 1.165) is 29.4 Å². The summed E-state index contributed by atoms with van der Waals surface area (Å²) in [6.07, 6.45) is 1.16. The molecule has 18 heavy (non-hydrogen) atoms. The zero-order chi connectivity index (χ0) is 13.0. The number of carbonyl (C=O) groups excluding carboxylic acids is 1. The van der Waals surface area contributed by atoms with Gasteiger partial charge in [0.2, 0.25) is 5.91 Å². The Bertz CT molecular complexity index is 397. The number of hydrogen-bond donors (Lipinski definition) is 1. The van der Waals surface area contributed by atoms with E-state index >= 15 is 0 Å². The van der Waals surface area contributed by atoms with Gasteiger partial charge in [-0.25, -0.2) is 0 Å². The van der Waals surface area contributed by atoms with Crippen LogP contribution >= 0.6 is 11.8 Å². The van der Waals surface area contributed by atoms with Gasteiger partial charge in [0.25, 0.3) is 0 Å². The highest BCUT2D eigenvalue weighted by molar-refractivity contribution is 7.99. The highest BCUT2D eigenvalue weighted by Gasteiger charge is 2.22. The molecule has 98 valence electrons. The summed E-state index contributed by atoms with van der Waals surface area (Å²) < 4.78 is 5.56. The van der Waals surface area contributed by atoms with E-state index in [1.165, 1.54) is 0 Å². The molecule has 1 N–H and O–H groups in total. The molecule has 4 heteroatoms. The van der Waals surface area contributed by atoms with Crippen molar-refractivity contribution < 1.29 is 9.53 Å². The van der Waals surface area contributed by atoms with E-state index in [9.17, 15) is 4.79 Å². The van der Waals surface area contributed by atoms with Gasteiger partial charge < -0.3 is 10.1 Å². The highest BCUT2D eigenvalue weighted by Crippen LogP contribution is 2.25. The predicted octanol–water partition coefficient (Wildman–Crippen LogP) is 3.17. The third kappa shape index (κ3) is 3.67. The molecule has 1 aromatic carbocycles. The van der Waals surface area contributed by atoms with Gasteiger partial charge in [-0.3, -0.25) is 4.79 Å². The molecule has 3 nitrogen and oxygen atoms in total. The van der Waals surface area contributed by atoms with E-state index in [1.807, 2.05) is 49.9 Å². The van der Waals surface area contributed by atoms with Crippen LogP contribution in [0.15, 0.2) is 24.3 Å². The third-order valence-electron chi connectivity index (χ3n) is 2.79. The SMILES string of the molecule is CC(C)Oc1ccc(NC(=O)C2CCSC2)cc1. The minimum atomic E-state index is 0.137. The molecule has 1 aliphatic rings. The standard InChI is InChI=1S/C14H19NO2S/c1-10(2)17-13-5-3-12(4-6-13)15-14(16)11-7-8-18-9-11/h3-6,10-11H,7-9H2,1-2H3,(H,15,16). The van der Waals surface area contributed by atoms with Gasteiger partial charge in [-0.1, -0.05) is 0 Å². The molecule has 0 saturated carbocycles. The van der Waals surface area contributed by atoms with Gasteiger partial charge in [-0.2, -0.15) is 11.8 Å². The first-order valence-corrected chi connectivity index (χ1v) is 7.46. The lowest BCUT2D eigenvalue weighted by Gasteiger charge is -2.12. The van der Waals surface area contributed by atoms with Crippen molar-refractivity contribution in [2.45, 2.75) is 26.4 Å². The van der Waals surface area contributed by atoms with Gasteiger partial charge in [0.15, 0.2) is 0 Å². The number of nitrogens with one attached hydrogen (secondary N) is 1. The fourth-order valence-corrected chi connectivity index (χ4v) is 3.10. The van der Waals surface area contributed by atoms with Crippen molar-refractivity contribution in [2.24, 2.45) is 5.92 Å². The molecular formula is C14H19NO2S. The van der Waals surface area contributed by atoms with Crippen molar-refractivity contribution >= 4 is 23.4 Å². The fraction of sp³-hybridized carbons (Fsp3) is 0.500. The molecule has 0 aliphatic carbocycles. The summed E-state index contributed by atoms with van der Waals surface area (Å²) in [5.41, 5.74) is 0.841. The Labute approximate surface area is 112 Å². The van der Waals surface area contributed by atoms with E-state index in [-0.39, 0.29) is 17.9 Å².